The molecule has 0 saturated carbocycles. The first-order chi connectivity index (χ1) is 13.4. The Labute approximate surface area is 158 Å². The zero-order chi connectivity index (χ0) is 19.9. The van der Waals surface area contributed by atoms with Gasteiger partial charge in [0.2, 0.25) is 0 Å². The molecule has 0 amide bonds. The van der Waals surface area contributed by atoms with Gasteiger partial charge in [0.25, 0.3) is 5.56 Å². The topological polar surface area (TPSA) is 60.2 Å². The summed E-state index contributed by atoms with van der Waals surface area (Å²) in [6.45, 7) is 4.05. The molecule has 0 aliphatic carbocycles. The average molecular weight is 392 g/mol. The number of alkyl halides is 3. The van der Waals surface area contributed by atoms with E-state index < -0.39 is 6.36 Å². The fraction of sp³-hybridized carbons (Fsp3) is 0.316. The van der Waals surface area contributed by atoms with E-state index in [-0.39, 0.29) is 17.2 Å². The molecule has 0 bridgehead atoms. The lowest BCUT2D eigenvalue weighted by Gasteiger charge is -2.16. The van der Waals surface area contributed by atoms with Gasteiger partial charge in [0.1, 0.15) is 11.3 Å². The second kappa shape index (κ2) is 6.99. The van der Waals surface area contributed by atoms with Crippen LogP contribution >= 0.6 is 0 Å². The lowest BCUT2D eigenvalue weighted by Crippen LogP contribution is -2.22. The van der Waals surface area contributed by atoms with Crippen molar-refractivity contribution in [1.82, 2.24) is 20.0 Å². The fourth-order valence-corrected chi connectivity index (χ4v) is 3.60. The molecule has 148 valence electrons. The van der Waals surface area contributed by atoms with Crippen molar-refractivity contribution in [1.29, 1.82) is 0 Å². The van der Waals surface area contributed by atoms with Crippen molar-refractivity contribution in [3.8, 4) is 11.4 Å². The number of aromatic nitrogens is 2. The second-order valence-corrected chi connectivity index (χ2v) is 6.62. The smallest absolute Gasteiger partial charge is 0.406 e. The van der Waals surface area contributed by atoms with Crippen molar-refractivity contribution in [3.05, 3.63) is 58.6 Å². The van der Waals surface area contributed by atoms with Crippen LogP contribution in [0.1, 0.15) is 18.4 Å². The maximum Gasteiger partial charge on any atom is 0.573 e. The molecule has 2 N–H and O–H groups in total. The highest BCUT2D eigenvalue weighted by Crippen LogP contribution is 2.28. The highest BCUT2D eigenvalue weighted by Gasteiger charge is 2.31. The van der Waals surface area contributed by atoms with E-state index in [9.17, 15) is 18.0 Å². The van der Waals surface area contributed by atoms with E-state index >= 15 is 0 Å². The number of nitrogens with zero attached hydrogens (tertiary/aromatic N) is 2. The number of fused-ring (bicyclic) bond motifs is 1. The molecule has 1 aromatic carbocycles. The fourth-order valence-electron chi connectivity index (χ4n) is 3.60. The number of aryl methyl sites for hydroxylation is 1. The summed E-state index contributed by atoms with van der Waals surface area (Å²) in [5, 5.41) is 0.899. The summed E-state index contributed by atoms with van der Waals surface area (Å²) in [6, 6.07) is 7.25. The number of halogens is 3. The van der Waals surface area contributed by atoms with Gasteiger partial charge in [-0.3, -0.25) is 20.2 Å². The number of pyridine rings is 1. The summed E-state index contributed by atoms with van der Waals surface area (Å²) in [6.07, 6.45) is -1.09. The van der Waals surface area contributed by atoms with Gasteiger partial charge < -0.3 is 9.30 Å². The van der Waals surface area contributed by atoms with E-state index in [1.165, 1.54) is 28.8 Å². The summed E-state index contributed by atoms with van der Waals surface area (Å²) < 4.78 is 44.4. The molecule has 2 aromatic heterocycles. The summed E-state index contributed by atoms with van der Waals surface area (Å²) in [5.74, 6) is -0.151. The molecule has 1 fully saturated rings. The van der Waals surface area contributed by atoms with Gasteiger partial charge in [-0.25, -0.2) is 0 Å². The lowest BCUT2D eigenvalue weighted by atomic mass is 9.98. The Morgan fingerprint density at radius 3 is 2.43 bits per heavy atom. The lowest BCUT2D eigenvalue weighted by molar-refractivity contribution is -0.274. The van der Waals surface area contributed by atoms with E-state index in [0.29, 0.717) is 17.7 Å². The van der Waals surface area contributed by atoms with Crippen molar-refractivity contribution in [2.75, 3.05) is 13.1 Å². The Hall–Kier alpha value is -2.78. The maximum absolute atomic E-state index is 13.2. The third kappa shape index (κ3) is 3.38. The average Bonchev–Trinajstić information content (AvgIpc) is 3.31. The molecule has 1 saturated heterocycles. The Morgan fingerprint density at radius 2 is 1.82 bits per heavy atom. The highest BCUT2D eigenvalue weighted by molar-refractivity contribution is 5.84. The normalized spacial score (nSPS) is 15.4. The molecule has 28 heavy (non-hydrogen) atoms. The van der Waals surface area contributed by atoms with Crippen LogP contribution in [-0.2, 0) is 6.54 Å². The predicted molar refractivity (Wildman–Crippen MR) is 98.6 cm³/mol. The van der Waals surface area contributed by atoms with Gasteiger partial charge >= 0.3 is 6.36 Å². The molecule has 6 nitrogen and oxygen atoms in total. The molecule has 0 atom stereocenters. The van der Waals surface area contributed by atoms with Crippen molar-refractivity contribution in [2.24, 2.45) is 0 Å². The van der Waals surface area contributed by atoms with Gasteiger partial charge in [0, 0.05) is 49.0 Å². The van der Waals surface area contributed by atoms with Gasteiger partial charge in [-0.1, -0.05) is 0 Å². The number of benzene rings is 1. The molecular formula is C19H19F3N4O2. The van der Waals surface area contributed by atoms with Gasteiger partial charge in [0.05, 0.1) is 0 Å². The number of ether oxygens (including phenoxy) is 1. The first-order valence-electron chi connectivity index (χ1n) is 8.93. The minimum absolute atomic E-state index is 0.176. The maximum atomic E-state index is 13.2. The van der Waals surface area contributed by atoms with Gasteiger partial charge in [-0.05, 0) is 42.8 Å². The van der Waals surface area contributed by atoms with Crippen molar-refractivity contribution < 1.29 is 17.9 Å². The Balaban J connectivity index is 1.84. The Bertz CT molecular complexity index is 1050. The number of hydrogen-bond acceptors (Lipinski definition) is 4. The van der Waals surface area contributed by atoms with E-state index in [0.717, 1.165) is 24.0 Å². The largest absolute Gasteiger partial charge is 0.573 e. The molecule has 1 aliphatic heterocycles. The zero-order valence-electron chi connectivity index (χ0n) is 15.1. The molecule has 0 spiro atoms. The molecular weight excluding hydrogens is 373 g/mol. The predicted octanol–water partition coefficient (Wildman–Crippen LogP) is 2.90. The van der Waals surface area contributed by atoms with Crippen LogP contribution in [0.25, 0.3) is 16.6 Å². The number of nitrogens with one attached hydrogen (secondary N) is 2. The summed E-state index contributed by atoms with van der Waals surface area (Å²) in [4.78, 5) is 13.2. The van der Waals surface area contributed by atoms with Gasteiger partial charge in [-0.2, -0.15) is 0 Å². The Morgan fingerprint density at radius 1 is 1.14 bits per heavy atom. The van der Waals surface area contributed by atoms with Crippen molar-refractivity contribution >= 4 is 10.9 Å². The van der Waals surface area contributed by atoms with Crippen LogP contribution in [0.15, 0.2) is 47.5 Å². The minimum atomic E-state index is -4.76. The molecule has 4 rings (SSSR count). The van der Waals surface area contributed by atoms with Gasteiger partial charge in [0.15, 0.2) is 0 Å². The van der Waals surface area contributed by atoms with E-state index in [4.69, 9.17) is 0 Å². The quantitative estimate of drug-likeness (QED) is 0.717. The molecule has 9 heteroatoms. The standard InChI is InChI=1S/C19H19F3N4O2/c1-2-25-8-7-15-16(12-9-23-24-10-12)11-26(18(27)17(15)25)13-3-5-14(6-4-13)28-19(20,21)22/h3-8,11-12,23-24H,2,9-10H2,1H3. The van der Waals surface area contributed by atoms with Crippen molar-refractivity contribution in [2.45, 2.75) is 25.7 Å². The third-order valence-electron chi connectivity index (χ3n) is 4.91. The molecule has 3 aromatic rings. The first-order valence-corrected chi connectivity index (χ1v) is 8.93. The number of rotatable bonds is 4. The van der Waals surface area contributed by atoms with Crippen LogP contribution in [0.5, 0.6) is 5.75 Å². The summed E-state index contributed by atoms with van der Waals surface area (Å²) >= 11 is 0. The minimum Gasteiger partial charge on any atom is -0.406 e. The van der Waals surface area contributed by atoms with Crippen LogP contribution in [0.4, 0.5) is 13.2 Å². The van der Waals surface area contributed by atoms with Gasteiger partial charge in [-0.15, -0.1) is 13.2 Å². The second-order valence-electron chi connectivity index (χ2n) is 6.62. The number of hydrogen-bond donors (Lipinski definition) is 2. The Kier molecular flexibility index (Phi) is 4.64. The van der Waals surface area contributed by atoms with E-state index in [1.54, 1.807) is 6.20 Å². The first kappa shape index (κ1) is 18.6. The van der Waals surface area contributed by atoms with Crippen LogP contribution < -0.4 is 21.1 Å². The SMILES string of the molecule is CCn1ccc2c(C3CNNC3)cn(-c3ccc(OC(F)(F)F)cc3)c(=O)c21. The summed E-state index contributed by atoms with van der Waals surface area (Å²) in [5.41, 5.74) is 8.04. The van der Waals surface area contributed by atoms with Crippen molar-refractivity contribution in [3.63, 3.8) is 0 Å². The number of hydrazine groups is 1. The van der Waals surface area contributed by atoms with E-state index in [1.807, 2.05) is 23.8 Å². The molecule has 0 unspecified atom stereocenters. The van der Waals surface area contributed by atoms with Crippen LogP contribution in [-0.4, -0.2) is 28.6 Å². The monoisotopic (exact) mass is 392 g/mol. The zero-order valence-corrected chi connectivity index (χ0v) is 15.1. The van der Waals surface area contributed by atoms with E-state index in [2.05, 4.69) is 15.6 Å². The van der Waals surface area contributed by atoms with Crippen LogP contribution in [0.3, 0.4) is 0 Å². The molecule has 0 radical (unpaired) electrons. The molecule has 3 heterocycles. The van der Waals surface area contributed by atoms with Crippen LogP contribution in [0.2, 0.25) is 0 Å². The third-order valence-corrected chi connectivity index (χ3v) is 4.91. The molecule has 1 aliphatic rings. The van der Waals surface area contributed by atoms with Crippen LogP contribution in [0, 0.1) is 0 Å². The highest BCUT2D eigenvalue weighted by atomic mass is 19.4. The summed E-state index contributed by atoms with van der Waals surface area (Å²) in [7, 11) is 0.